The molecule has 1 fully saturated rings. The summed E-state index contributed by atoms with van der Waals surface area (Å²) in [5, 5.41) is 24.6. The number of carboxylic acid groups (broad SMARTS) is 1. The van der Waals surface area contributed by atoms with Gasteiger partial charge >= 0.3 is 57.4 Å². The first-order chi connectivity index (χ1) is 15.4. The third kappa shape index (κ3) is 13.7. The third-order valence-electron chi connectivity index (χ3n) is 4.05. The van der Waals surface area contributed by atoms with E-state index >= 15 is 0 Å². The van der Waals surface area contributed by atoms with Crippen molar-refractivity contribution in [2.24, 2.45) is 0 Å². The minimum Gasteiger partial charge on any atom is -0.650 e. The predicted octanol–water partition coefficient (Wildman–Crippen LogP) is -0.944. The molecule has 1 aromatic rings. The average molecular weight is 510 g/mol. The van der Waals surface area contributed by atoms with E-state index in [9.17, 15) is 19.5 Å². The summed E-state index contributed by atoms with van der Waals surface area (Å²) in [5.74, 6) is -1.47. The summed E-state index contributed by atoms with van der Waals surface area (Å²) in [6.45, 7) is 10.2. The second-order valence-electron chi connectivity index (χ2n) is 6.20. The molecular formula is C23H38KN2O8-. The fraction of sp³-hybridized carbons (Fsp3) is 0.565. The van der Waals surface area contributed by atoms with E-state index in [-0.39, 0.29) is 89.6 Å². The number of aliphatic hydroxyl groups excluding tert-OH is 1. The Morgan fingerprint density at radius 2 is 1.82 bits per heavy atom. The van der Waals surface area contributed by atoms with Gasteiger partial charge in [0.2, 0.25) is 6.29 Å². The molecule has 1 aliphatic rings. The molecule has 3 atom stereocenters. The number of hydrogen-bond donors (Lipinski definition) is 4. The van der Waals surface area contributed by atoms with Crippen LogP contribution in [0.1, 0.15) is 56.5 Å². The molecule has 1 amide bonds. The Bertz CT molecular complexity index is 706. The van der Waals surface area contributed by atoms with Crippen LogP contribution in [0.4, 0.5) is 0 Å². The maximum Gasteiger partial charge on any atom is 1.00 e. The van der Waals surface area contributed by atoms with E-state index in [1.54, 1.807) is 13.1 Å². The molecule has 1 saturated heterocycles. The monoisotopic (exact) mass is 509 g/mol. The van der Waals surface area contributed by atoms with E-state index in [0.717, 1.165) is 0 Å². The Balaban J connectivity index is -0.00000152. The number of likely N-dealkylation sites (N-methyl/N-ethyl adjacent to an activating group) is 1. The zero-order valence-electron chi connectivity index (χ0n) is 21.3. The molecule has 0 bridgehead atoms. The maximum atomic E-state index is 12.5. The van der Waals surface area contributed by atoms with Gasteiger partial charge in [0.1, 0.15) is 5.75 Å². The first-order valence-corrected chi connectivity index (χ1v) is 10.7. The van der Waals surface area contributed by atoms with Gasteiger partial charge in [0.05, 0.1) is 18.3 Å². The predicted molar refractivity (Wildman–Crippen MR) is 124 cm³/mol. The summed E-state index contributed by atoms with van der Waals surface area (Å²) in [6, 6.07) is 4.58. The smallest absolute Gasteiger partial charge is 0.650 e. The van der Waals surface area contributed by atoms with Gasteiger partial charge in [-0.1, -0.05) is 40.2 Å². The van der Waals surface area contributed by atoms with Crippen molar-refractivity contribution in [1.82, 2.24) is 10.6 Å². The van der Waals surface area contributed by atoms with Crippen LogP contribution < -0.4 is 66.8 Å². The van der Waals surface area contributed by atoms with Crippen molar-refractivity contribution in [2.45, 2.75) is 65.6 Å². The van der Waals surface area contributed by atoms with Gasteiger partial charge in [-0.25, -0.2) is 4.79 Å². The van der Waals surface area contributed by atoms with Crippen LogP contribution in [0.2, 0.25) is 0 Å². The van der Waals surface area contributed by atoms with Crippen LogP contribution in [0, 0.1) is 7.43 Å². The largest absolute Gasteiger partial charge is 1.00 e. The normalized spacial score (nSPS) is 18.1. The van der Waals surface area contributed by atoms with E-state index in [4.69, 9.17) is 14.6 Å². The van der Waals surface area contributed by atoms with Gasteiger partial charge in [0.25, 0.3) is 5.91 Å². The quantitative estimate of drug-likeness (QED) is 0.178. The van der Waals surface area contributed by atoms with E-state index in [2.05, 4.69) is 15.4 Å². The van der Waals surface area contributed by atoms with Crippen LogP contribution in [0.3, 0.4) is 0 Å². The van der Waals surface area contributed by atoms with E-state index in [1.807, 2.05) is 27.7 Å². The van der Waals surface area contributed by atoms with Gasteiger partial charge in [-0.15, -0.1) is 0 Å². The van der Waals surface area contributed by atoms with Crippen LogP contribution in [0.5, 0.6) is 5.75 Å². The van der Waals surface area contributed by atoms with Crippen molar-refractivity contribution in [3.8, 4) is 5.75 Å². The molecule has 0 aliphatic carbocycles. The Labute approximate surface area is 245 Å². The van der Waals surface area contributed by atoms with Gasteiger partial charge in [-0.3, -0.25) is 4.79 Å². The van der Waals surface area contributed by atoms with Crippen LogP contribution in [0.25, 0.3) is 0 Å². The molecule has 190 valence electrons. The number of carboxylic acids is 1. The Morgan fingerprint density at radius 3 is 2.38 bits per heavy atom. The van der Waals surface area contributed by atoms with Gasteiger partial charge in [-0.05, 0) is 24.7 Å². The number of carbonyl (C=O) groups is 2. The number of amides is 1. The van der Waals surface area contributed by atoms with E-state index in [1.165, 1.54) is 18.6 Å². The van der Waals surface area contributed by atoms with E-state index in [0.29, 0.717) is 18.7 Å². The molecular weight excluding hydrogens is 471 g/mol. The zero-order valence-corrected chi connectivity index (χ0v) is 24.5. The Kier molecular flexibility index (Phi) is 24.7. The number of aliphatic hydroxyl groups is 1. The Hall–Kier alpha value is -1.05. The molecule has 11 heteroatoms. The van der Waals surface area contributed by atoms with Gasteiger partial charge in [0, 0.05) is 25.9 Å². The topological polar surface area (TPSA) is 143 Å². The number of ether oxygens (including phenoxy) is 3. The molecule has 2 rings (SSSR count). The van der Waals surface area contributed by atoms with Crippen LogP contribution in [-0.4, -0.2) is 67.2 Å². The van der Waals surface area contributed by atoms with Crippen molar-refractivity contribution < 1.29 is 90.2 Å². The van der Waals surface area contributed by atoms with Gasteiger partial charge < -0.3 is 47.3 Å². The summed E-state index contributed by atoms with van der Waals surface area (Å²) in [5.41, 5.74) is 0.709. The molecule has 1 aliphatic heterocycles. The fourth-order valence-electron chi connectivity index (χ4n) is 2.69. The average Bonchev–Trinajstić information content (AvgIpc) is 2.80. The molecule has 3 unspecified atom stereocenters. The SMILES string of the molecule is CC.CC.CNCCNC(=O)c1cc(CO[C-]=O)ccc1OC1CC(O)CC(C(=O)O)O1.[CH3-].[K+]. The number of aliphatic carboxylic acids is 1. The minimum absolute atomic E-state index is 0. The summed E-state index contributed by atoms with van der Waals surface area (Å²) in [7, 11) is 1.75. The second kappa shape index (κ2) is 22.4. The molecule has 1 aromatic carbocycles. The summed E-state index contributed by atoms with van der Waals surface area (Å²) < 4.78 is 15.6. The van der Waals surface area contributed by atoms with E-state index < -0.39 is 30.4 Å². The number of carbonyl (C=O) groups excluding carboxylic acids is 2. The molecule has 0 aromatic heterocycles. The number of hydrogen-bond acceptors (Lipinski definition) is 8. The number of nitrogens with one attached hydrogen (secondary N) is 2. The third-order valence-corrected chi connectivity index (χ3v) is 4.05. The maximum absolute atomic E-state index is 12.5. The first-order valence-electron chi connectivity index (χ1n) is 10.7. The van der Waals surface area contributed by atoms with Crippen molar-refractivity contribution in [3.05, 3.63) is 36.8 Å². The second-order valence-corrected chi connectivity index (χ2v) is 6.20. The first kappa shape index (κ1) is 37.5. The van der Waals surface area contributed by atoms with Gasteiger partial charge in [0.15, 0.2) is 6.10 Å². The molecule has 1 heterocycles. The molecule has 10 nitrogen and oxygen atoms in total. The van der Waals surface area contributed by atoms with Crippen molar-refractivity contribution in [2.75, 3.05) is 20.1 Å². The standard InChI is InChI=1S/C18H23N2O8.2C2H6.CH3.K/c1-19-4-5-20-17(23)13-6-11(9-26-10-21)2-3-14(13)27-16-8-12(22)7-15(28-16)18(24)25;2*1-2;;/h2-3,6,12,15-16,19,22H,4-5,7-9H2,1H3,(H,20,23)(H,24,25);2*1-2H3;1H3;/q-1;;;-1;+1. The summed E-state index contributed by atoms with van der Waals surface area (Å²) >= 11 is 0. The fourth-order valence-corrected chi connectivity index (χ4v) is 2.69. The summed E-state index contributed by atoms with van der Waals surface area (Å²) in [4.78, 5) is 34.0. The zero-order chi connectivity index (χ0) is 24.5. The van der Waals surface area contributed by atoms with Crippen LogP contribution >= 0.6 is 0 Å². The van der Waals surface area contributed by atoms with Crippen LogP contribution in [-0.2, 0) is 25.7 Å². The van der Waals surface area contributed by atoms with Crippen molar-refractivity contribution in [3.63, 3.8) is 0 Å². The minimum atomic E-state index is -1.20. The molecule has 0 radical (unpaired) electrons. The van der Waals surface area contributed by atoms with Gasteiger partial charge in [-0.2, -0.15) is 0 Å². The molecule has 0 saturated carbocycles. The molecule has 0 spiro atoms. The van der Waals surface area contributed by atoms with Crippen molar-refractivity contribution >= 4 is 18.3 Å². The molecule has 34 heavy (non-hydrogen) atoms. The van der Waals surface area contributed by atoms with Crippen molar-refractivity contribution in [1.29, 1.82) is 0 Å². The van der Waals surface area contributed by atoms with Crippen LogP contribution in [0.15, 0.2) is 18.2 Å². The summed E-state index contributed by atoms with van der Waals surface area (Å²) in [6.07, 6.45) is -3.10. The number of rotatable bonds is 10. The molecule has 4 N–H and O–H groups in total. The number of benzene rings is 1. The Morgan fingerprint density at radius 1 is 1.18 bits per heavy atom.